The van der Waals surface area contributed by atoms with Gasteiger partial charge in [-0.05, 0) is 35.8 Å². The summed E-state index contributed by atoms with van der Waals surface area (Å²) in [5, 5.41) is 8.87. The normalized spacial score (nSPS) is 11.1. The first-order chi connectivity index (χ1) is 8.70. The Labute approximate surface area is 106 Å². The largest absolute Gasteiger partial charge is 0.207 e. The van der Waals surface area contributed by atoms with Crippen molar-refractivity contribution in [3.63, 3.8) is 0 Å². The summed E-state index contributed by atoms with van der Waals surface area (Å²) in [6.07, 6.45) is 1.48. The Balaban J connectivity index is 2.47. The number of hydrogen-bond donors (Lipinski definition) is 0. The molecule has 0 N–H and O–H groups in total. The SMILES string of the molecule is Cc1ccc(/C(=C\C#N)c2ccc(F)cc2)cc1. The van der Waals surface area contributed by atoms with Crippen LogP contribution in [0, 0.1) is 24.1 Å². The first kappa shape index (κ1) is 12.1. The Kier molecular flexibility index (Phi) is 3.54. The third-order valence-electron chi connectivity index (χ3n) is 2.73. The first-order valence-corrected chi connectivity index (χ1v) is 5.63. The van der Waals surface area contributed by atoms with Crippen LogP contribution >= 0.6 is 0 Å². The topological polar surface area (TPSA) is 23.8 Å². The van der Waals surface area contributed by atoms with E-state index < -0.39 is 0 Å². The van der Waals surface area contributed by atoms with E-state index in [2.05, 4.69) is 0 Å². The Morgan fingerprint density at radius 1 is 1.00 bits per heavy atom. The summed E-state index contributed by atoms with van der Waals surface area (Å²) in [6.45, 7) is 2.01. The Bertz CT molecular complexity index is 554. The molecule has 18 heavy (non-hydrogen) atoms. The van der Waals surface area contributed by atoms with Gasteiger partial charge in [0, 0.05) is 6.08 Å². The van der Waals surface area contributed by atoms with Crippen LogP contribution in [0.4, 0.5) is 4.39 Å². The fraction of sp³-hybridized carbons (Fsp3) is 0.0625. The van der Waals surface area contributed by atoms with Crippen molar-refractivity contribution >= 4 is 5.57 Å². The van der Waals surface area contributed by atoms with E-state index in [0.717, 1.165) is 22.3 Å². The number of hydrogen-bond acceptors (Lipinski definition) is 1. The average Bonchev–Trinajstić information content (AvgIpc) is 2.39. The van der Waals surface area contributed by atoms with Gasteiger partial charge in [-0.3, -0.25) is 0 Å². The van der Waals surface area contributed by atoms with Gasteiger partial charge in [0.1, 0.15) is 5.82 Å². The molecule has 0 saturated heterocycles. The van der Waals surface area contributed by atoms with Crippen LogP contribution < -0.4 is 0 Å². The minimum absolute atomic E-state index is 0.279. The number of nitriles is 1. The van der Waals surface area contributed by atoms with Gasteiger partial charge in [-0.2, -0.15) is 5.26 Å². The van der Waals surface area contributed by atoms with E-state index in [0.29, 0.717) is 0 Å². The maximum atomic E-state index is 12.9. The summed E-state index contributed by atoms with van der Waals surface area (Å²) in [5.41, 5.74) is 3.75. The van der Waals surface area contributed by atoms with Gasteiger partial charge in [-0.15, -0.1) is 0 Å². The molecular weight excluding hydrogens is 225 g/mol. The second kappa shape index (κ2) is 5.29. The number of aryl methyl sites for hydroxylation is 1. The number of benzene rings is 2. The van der Waals surface area contributed by atoms with Crippen molar-refractivity contribution in [1.82, 2.24) is 0 Å². The molecule has 0 spiro atoms. The molecule has 0 aliphatic rings. The standard InChI is InChI=1S/C16H12FN/c1-12-2-4-13(5-3-12)16(10-11-18)14-6-8-15(17)9-7-14/h2-10H,1H3/b16-10+. The van der Waals surface area contributed by atoms with Crippen molar-refractivity contribution in [3.05, 3.63) is 77.1 Å². The van der Waals surface area contributed by atoms with E-state index in [4.69, 9.17) is 5.26 Å². The zero-order valence-electron chi connectivity index (χ0n) is 10.0. The summed E-state index contributed by atoms with van der Waals surface area (Å²) in [5.74, 6) is -0.279. The maximum Gasteiger partial charge on any atom is 0.123 e. The highest BCUT2D eigenvalue weighted by atomic mass is 19.1. The highest BCUT2D eigenvalue weighted by molar-refractivity contribution is 5.81. The highest BCUT2D eigenvalue weighted by Crippen LogP contribution is 2.23. The van der Waals surface area contributed by atoms with Crippen molar-refractivity contribution in [2.24, 2.45) is 0 Å². The first-order valence-electron chi connectivity index (χ1n) is 5.63. The van der Waals surface area contributed by atoms with Crippen LogP contribution in [0.5, 0.6) is 0 Å². The number of allylic oxidation sites excluding steroid dienone is 1. The third kappa shape index (κ3) is 2.64. The molecule has 2 heteroatoms. The van der Waals surface area contributed by atoms with Crippen LogP contribution in [0.3, 0.4) is 0 Å². The molecular formula is C16H12FN. The van der Waals surface area contributed by atoms with Crippen LogP contribution in [0.15, 0.2) is 54.6 Å². The molecule has 0 atom stereocenters. The lowest BCUT2D eigenvalue weighted by Gasteiger charge is -2.07. The number of rotatable bonds is 2. The summed E-state index contributed by atoms with van der Waals surface area (Å²) < 4.78 is 12.9. The van der Waals surface area contributed by atoms with E-state index in [1.54, 1.807) is 12.1 Å². The van der Waals surface area contributed by atoms with Crippen molar-refractivity contribution < 1.29 is 4.39 Å². The van der Waals surface area contributed by atoms with Gasteiger partial charge in [-0.1, -0.05) is 42.0 Å². The summed E-state index contributed by atoms with van der Waals surface area (Å²) >= 11 is 0. The van der Waals surface area contributed by atoms with Gasteiger partial charge in [0.05, 0.1) is 6.07 Å². The van der Waals surface area contributed by atoms with Crippen molar-refractivity contribution in [2.75, 3.05) is 0 Å². The molecule has 0 fully saturated rings. The van der Waals surface area contributed by atoms with E-state index in [1.165, 1.54) is 18.2 Å². The molecule has 0 aliphatic heterocycles. The maximum absolute atomic E-state index is 12.9. The second-order valence-electron chi connectivity index (χ2n) is 4.06. The molecule has 2 aromatic carbocycles. The van der Waals surface area contributed by atoms with Crippen molar-refractivity contribution in [3.8, 4) is 6.07 Å². The molecule has 2 aromatic rings. The Hall–Kier alpha value is -2.40. The molecule has 1 nitrogen and oxygen atoms in total. The van der Waals surface area contributed by atoms with Gasteiger partial charge >= 0.3 is 0 Å². The molecule has 0 aromatic heterocycles. The molecule has 0 unspecified atom stereocenters. The molecule has 0 amide bonds. The van der Waals surface area contributed by atoms with Gasteiger partial charge in [0.15, 0.2) is 0 Å². The molecule has 88 valence electrons. The highest BCUT2D eigenvalue weighted by Gasteiger charge is 2.05. The summed E-state index contributed by atoms with van der Waals surface area (Å²) in [4.78, 5) is 0. The van der Waals surface area contributed by atoms with Gasteiger partial charge in [0.2, 0.25) is 0 Å². The van der Waals surface area contributed by atoms with Gasteiger partial charge in [-0.25, -0.2) is 4.39 Å². The summed E-state index contributed by atoms with van der Waals surface area (Å²) in [7, 11) is 0. The smallest absolute Gasteiger partial charge is 0.123 e. The molecule has 0 radical (unpaired) electrons. The lowest BCUT2D eigenvalue weighted by Crippen LogP contribution is -1.88. The van der Waals surface area contributed by atoms with E-state index in [-0.39, 0.29) is 5.82 Å². The zero-order chi connectivity index (χ0) is 13.0. The van der Waals surface area contributed by atoms with Crippen LogP contribution in [0.25, 0.3) is 5.57 Å². The number of nitrogens with zero attached hydrogens (tertiary/aromatic N) is 1. The average molecular weight is 237 g/mol. The Morgan fingerprint density at radius 3 is 2.00 bits per heavy atom. The fourth-order valence-corrected chi connectivity index (χ4v) is 1.76. The molecule has 0 heterocycles. The number of halogens is 1. The lowest BCUT2D eigenvalue weighted by atomic mass is 9.97. The van der Waals surface area contributed by atoms with Crippen LogP contribution in [-0.2, 0) is 0 Å². The zero-order valence-corrected chi connectivity index (χ0v) is 10.0. The van der Waals surface area contributed by atoms with E-state index in [9.17, 15) is 4.39 Å². The minimum Gasteiger partial charge on any atom is -0.207 e. The lowest BCUT2D eigenvalue weighted by molar-refractivity contribution is 0.627. The predicted octanol–water partition coefficient (Wildman–Crippen LogP) is 4.09. The van der Waals surface area contributed by atoms with Crippen LogP contribution in [0.2, 0.25) is 0 Å². The van der Waals surface area contributed by atoms with Gasteiger partial charge in [0.25, 0.3) is 0 Å². The second-order valence-corrected chi connectivity index (χ2v) is 4.06. The predicted molar refractivity (Wildman–Crippen MR) is 70.3 cm³/mol. The third-order valence-corrected chi connectivity index (χ3v) is 2.73. The monoisotopic (exact) mass is 237 g/mol. The van der Waals surface area contributed by atoms with E-state index >= 15 is 0 Å². The van der Waals surface area contributed by atoms with E-state index in [1.807, 2.05) is 37.3 Å². The summed E-state index contributed by atoms with van der Waals surface area (Å²) in [6, 6.07) is 16.1. The van der Waals surface area contributed by atoms with Gasteiger partial charge < -0.3 is 0 Å². The minimum atomic E-state index is -0.279. The molecule has 0 bridgehead atoms. The Morgan fingerprint density at radius 2 is 1.50 bits per heavy atom. The quantitative estimate of drug-likeness (QED) is 0.722. The van der Waals surface area contributed by atoms with Crippen molar-refractivity contribution in [1.29, 1.82) is 5.26 Å². The fourth-order valence-electron chi connectivity index (χ4n) is 1.76. The molecule has 0 aliphatic carbocycles. The van der Waals surface area contributed by atoms with Crippen molar-refractivity contribution in [2.45, 2.75) is 6.92 Å². The van der Waals surface area contributed by atoms with Crippen LogP contribution in [0.1, 0.15) is 16.7 Å². The molecule has 0 saturated carbocycles. The van der Waals surface area contributed by atoms with Crippen LogP contribution in [-0.4, -0.2) is 0 Å². The molecule has 2 rings (SSSR count).